The number of carbonyl (C=O) groups excluding carboxylic acids is 3. The largest absolute Gasteiger partial charge is 0.388 e. The molecule has 190 valence electrons. The molecule has 2 amide bonds. The first-order valence-corrected chi connectivity index (χ1v) is 11.9. The summed E-state index contributed by atoms with van der Waals surface area (Å²) in [7, 11) is 2.72. The maximum absolute atomic E-state index is 12.8. The summed E-state index contributed by atoms with van der Waals surface area (Å²) in [6.45, 7) is 6.86. The zero-order chi connectivity index (χ0) is 26.2. The molecule has 0 bridgehead atoms. The Morgan fingerprint density at radius 3 is 2.36 bits per heavy atom. The summed E-state index contributed by atoms with van der Waals surface area (Å²) >= 11 is 0. The Morgan fingerprint density at radius 1 is 1.14 bits per heavy atom. The number of Topliss-reactive ketones (excluding diaryl/α,β-unsaturated/α-hetero) is 1. The van der Waals surface area contributed by atoms with Crippen LogP contribution in [0.15, 0.2) is 42.5 Å². The molecular weight excluding hydrogens is 458 g/mol. The van der Waals surface area contributed by atoms with Crippen molar-refractivity contribution >= 4 is 17.6 Å². The normalized spacial score (nSPS) is 14.2. The van der Waals surface area contributed by atoms with Gasteiger partial charge in [0, 0.05) is 57.0 Å². The SMILES string of the molecule is CCOC1CN(Cc2ccc(C#Cc3ccc(C(=O)N(C)C(C(=O)CO)C(=O)NC)cc3)cc2C)C1. The van der Waals surface area contributed by atoms with Gasteiger partial charge < -0.3 is 20.1 Å². The monoisotopic (exact) mass is 491 g/mol. The van der Waals surface area contributed by atoms with Crippen molar-refractivity contribution in [1.29, 1.82) is 0 Å². The highest BCUT2D eigenvalue weighted by atomic mass is 16.5. The summed E-state index contributed by atoms with van der Waals surface area (Å²) in [4.78, 5) is 40.2. The van der Waals surface area contributed by atoms with E-state index >= 15 is 0 Å². The van der Waals surface area contributed by atoms with Crippen molar-refractivity contribution in [3.63, 3.8) is 0 Å². The number of likely N-dealkylation sites (N-methyl/N-ethyl adjacent to an activating group) is 2. The number of rotatable bonds is 9. The van der Waals surface area contributed by atoms with Crippen LogP contribution >= 0.6 is 0 Å². The van der Waals surface area contributed by atoms with E-state index in [2.05, 4.69) is 41.1 Å². The maximum Gasteiger partial charge on any atom is 0.254 e. The lowest BCUT2D eigenvalue weighted by Crippen LogP contribution is -2.52. The molecule has 0 spiro atoms. The first-order chi connectivity index (χ1) is 17.3. The van der Waals surface area contributed by atoms with Crippen LogP contribution < -0.4 is 5.32 Å². The number of amides is 2. The highest BCUT2D eigenvalue weighted by Gasteiger charge is 2.32. The van der Waals surface area contributed by atoms with Crippen LogP contribution in [-0.4, -0.2) is 85.0 Å². The van der Waals surface area contributed by atoms with Crippen LogP contribution in [-0.2, 0) is 20.9 Å². The molecule has 1 aliphatic rings. The van der Waals surface area contributed by atoms with Gasteiger partial charge in [0.2, 0.25) is 5.91 Å². The number of ketones is 1. The van der Waals surface area contributed by atoms with Gasteiger partial charge in [-0.25, -0.2) is 0 Å². The van der Waals surface area contributed by atoms with Crippen molar-refractivity contribution in [2.45, 2.75) is 32.5 Å². The van der Waals surface area contributed by atoms with Crippen molar-refractivity contribution < 1.29 is 24.2 Å². The van der Waals surface area contributed by atoms with Gasteiger partial charge in [-0.2, -0.15) is 0 Å². The van der Waals surface area contributed by atoms with Crippen molar-refractivity contribution in [2.75, 3.05) is 40.4 Å². The Hall–Kier alpha value is -3.51. The molecule has 1 aliphatic heterocycles. The second-order valence-corrected chi connectivity index (χ2v) is 8.80. The number of ether oxygens (including phenoxy) is 1. The first-order valence-electron chi connectivity index (χ1n) is 11.9. The first kappa shape index (κ1) is 27.1. The number of aryl methyl sites for hydroxylation is 1. The molecule has 36 heavy (non-hydrogen) atoms. The average molecular weight is 492 g/mol. The smallest absolute Gasteiger partial charge is 0.254 e. The number of nitrogens with one attached hydrogen (secondary N) is 1. The van der Waals surface area contributed by atoms with E-state index in [1.165, 1.54) is 25.2 Å². The second kappa shape index (κ2) is 12.5. The number of aliphatic hydroxyl groups excluding tert-OH is 1. The van der Waals surface area contributed by atoms with Crippen molar-refractivity contribution in [2.24, 2.45) is 0 Å². The highest BCUT2D eigenvalue weighted by molar-refractivity contribution is 6.10. The van der Waals surface area contributed by atoms with Gasteiger partial charge in [-0.15, -0.1) is 0 Å². The molecule has 1 unspecified atom stereocenters. The summed E-state index contributed by atoms with van der Waals surface area (Å²) in [5.74, 6) is 4.35. The topological polar surface area (TPSA) is 99.2 Å². The predicted octanol–water partition coefficient (Wildman–Crippen LogP) is 1.36. The minimum Gasteiger partial charge on any atom is -0.388 e. The molecule has 1 fully saturated rings. The molecule has 8 heteroatoms. The molecule has 1 atom stereocenters. The number of hydrogen-bond donors (Lipinski definition) is 2. The fourth-order valence-electron chi connectivity index (χ4n) is 4.11. The zero-order valence-electron chi connectivity index (χ0n) is 21.2. The van der Waals surface area contributed by atoms with Crippen LogP contribution in [0.4, 0.5) is 0 Å². The van der Waals surface area contributed by atoms with E-state index in [0.29, 0.717) is 11.7 Å². The van der Waals surface area contributed by atoms with Crippen molar-refractivity contribution in [3.8, 4) is 11.8 Å². The third-order valence-electron chi connectivity index (χ3n) is 6.21. The number of carbonyl (C=O) groups is 3. The van der Waals surface area contributed by atoms with Crippen LogP contribution in [0, 0.1) is 18.8 Å². The molecule has 3 rings (SSSR count). The quantitative estimate of drug-likeness (QED) is 0.406. The Labute approximate surface area is 212 Å². The lowest BCUT2D eigenvalue weighted by Gasteiger charge is -2.39. The number of nitrogens with zero attached hydrogens (tertiary/aromatic N) is 2. The standard InChI is InChI=1S/C28H33N3O5/c1-5-36-24-16-31(17-24)15-23-13-10-21(14-19(23)2)7-6-20-8-11-22(12-9-20)28(35)30(4)26(25(33)18-32)27(34)29-3/h8-14,24,26,32H,5,15-18H2,1-4H3,(H,29,34). The van der Waals surface area contributed by atoms with Gasteiger partial charge in [0.25, 0.3) is 5.91 Å². The lowest BCUT2D eigenvalue weighted by atomic mass is 10.0. The third-order valence-corrected chi connectivity index (χ3v) is 6.21. The van der Waals surface area contributed by atoms with E-state index in [0.717, 1.165) is 42.3 Å². The molecule has 1 saturated heterocycles. The van der Waals surface area contributed by atoms with Crippen molar-refractivity contribution in [3.05, 3.63) is 70.3 Å². The number of likely N-dealkylation sites (tertiary alicyclic amines) is 1. The molecule has 8 nitrogen and oxygen atoms in total. The highest BCUT2D eigenvalue weighted by Crippen LogP contribution is 2.19. The Balaban J connectivity index is 1.64. The van der Waals surface area contributed by atoms with Crippen LogP contribution in [0.25, 0.3) is 0 Å². The second-order valence-electron chi connectivity index (χ2n) is 8.80. The number of hydrogen-bond acceptors (Lipinski definition) is 6. The van der Waals surface area contributed by atoms with Gasteiger partial charge in [-0.3, -0.25) is 19.3 Å². The predicted molar refractivity (Wildman–Crippen MR) is 136 cm³/mol. The lowest BCUT2D eigenvalue weighted by molar-refractivity contribution is -0.135. The molecule has 1 heterocycles. The molecule has 0 saturated carbocycles. The van der Waals surface area contributed by atoms with Gasteiger partial charge in [-0.05, 0) is 61.4 Å². The molecule has 2 N–H and O–H groups in total. The average Bonchev–Trinajstić information content (AvgIpc) is 2.86. The fraction of sp³-hybridized carbons (Fsp3) is 0.393. The van der Waals surface area contributed by atoms with E-state index in [-0.39, 0.29) is 0 Å². The Bertz CT molecular complexity index is 1140. The zero-order valence-corrected chi connectivity index (χ0v) is 21.2. The van der Waals surface area contributed by atoms with E-state index < -0.39 is 30.2 Å². The minimum atomic E-state index is -1.40. The van der Waals surface area contributed by atoms with Crippen LogP contribution in [0.5, 0.6) is 0 Å². The summed E-state index contributed by atoms with van der Waals surface area (Å²) in [6, 6.07) is 11.4. The molecule has 2 aromatic rings. The van der Waals surface area contributed by atoms with Gasteiger partial charge >= 0.3 is 0 Å². The van der Waals surface area contributed by atoms with Crippen molar-refractivity contribution in [1.82, 2.24) is 15.1 Å². The van der Waals surface area contributed by atoms with E-state index in [1.807, 2.05) is 13.0 Å². The fourth-order valence-corrected chi connectivity index (χ4v) is 4.11. The molecule has 0 aromatic heterocycles. The van der Waals surface area contributed by atoms with Crippen LogP contribution in [0.1, 0.15) is 39.5 Å². The van der Waals surface area contributed by atoms with Gasteiger partial charge in [-0.1, -0.05) is 17.9 Å². The summed E-state index contributed by atoms with van der Waals surface area (Å²) < 4.78 is 5.62. The van der Waals surface area contributed by atoms with E-state index in [1.54, 1.807) is 24.3 Å². The van der Waals surface area contributed by atoms with Crippen LogP contribution in [0.3, 0.4) is 0 Å². The number of aliphatic hydroxyl groups is 1. The Kier molecular flexibility index (Phi) is 9.37. The van der Waals surface area contributed by atoms with Gasteiger partial charge in [0.1, 0.15) is 6.61 Å². The van der Waals surface area contributed by atoms with Gasteiger partial charge in [0.05, 0.1) is 6.10 Å². The molecular formula is C28H33N3O5. The summed E-state index contributed by atoms with van der Waals surface area (Å²) in [5, 5.41) is 11.5. The third kappa shape index (κ3) is 6.58. The maximum atomic E-state index is 12.8. The summed E-state index contributed by atoms with van der Waals surface area (Å²) in [5.41, 5.74) is 4.40. The molecule has 0 radical (unpaired) electrons. The minimum absolute atomic E-state index is 0.306. The van der Waals surface area contributed by atoms with E-state index in [4.69, 9.17) is 9.84 Å². The molecule has 2 aromatic carbocycles. The molecule has 0 aliphatic carbocycles. The van der Waals surface area contributed by atoms with E-state index in [9.17, 15) is 14.4 Å². The van der Waals surface area contributed by atoms with Gasteiger partial charge in [0.15, 0.2) is 11.8 Å². The van der Waals surface area contributed by atoms with Crippen LogP contribution in [0.2, 0.25) is 0 Å². The summed E-state index contributed by atoms with van der Waals surface area (Å²) in [6.07, 6.45) is 0.350. The number of benzene rings is 2. The Morgan fingerprint density at radius 2 is 1.78 bits per heavy atom.